The minimum absolute atomic E-state index is 0.0417. The van der Waals surface area contributed by atoms with Crippen LogP contribution in [0.4, 0.5) is 0 Å². The number of hydrogen-bond donors (Lipinski definition) is 1. The van der Waals surface area contributed by atoms with Crippen molar-refractivity contribution in [2.75, 3.05) is 6.61 Å². The molecule has 0 aromatic heterocycles. The van der Waals surface area contributed by atoms with Crippen LogP contribution in [0.3, 0.4) is 0 Å². The van der Waals surface area contributed by atoms with E-state index in [9.17, 15) is 4.79 Å². The van der Waals surface area contributed by atoms with Gasteiger partial charge < -0.3 is 5.11 Å². The molecule has 0 unspecified atom stereocenters. The molecule has 260 valence electrons. The Morgan fingerprint density at radius 1 is 0.489 bits per heavy atom. The molecule has 0 aliphatic rings. The number of aliphatic hydroxyl groups excluding tert-OH is 1. The van der Waals surface area contributed by atoms with Crippen LogP contribution in [0.25, 0.3) is 0 Å². The molecule has 0 heterocycles. The van der Waals surface area contributed by atoms with Gasteiger partial charge in [-0.25, -0.2) is 0 Å². The Labute approximate surface area is 296 Å². The van der Waals surface area contributed by atoms with Crippen molar-refractivity contribution in [2.24, 2.45) is 0 Å². The fourth-order valence-electron chi connectivity index (χ4n) is 5.33. The van der Waals surface area contributed by atoms with Crippen LogP contribution < -0.4 is 4.46 Å². The number of allylic oxidation sites excluding steroid dienone is 13. The second-order valence-electron chi connectivity index (χ2n) is 13.4. The van der Waals surface area contributed by atoms with Crippen molar-refractivity contribution in [2.45, 2.75) is 145 Å². The Kier molecular flexibility index (Phi) is 24.9. The molecule has 1 aromatic rings. The molecule has 1 rings (SSSR count). The van der Waals surface area contributed by atoms with Gasteiger partial charge in [-0.2, -0.15) is 0 Å². The summed E-state index contributed by atoms with van der Waals surface area (Å²) in [6, 6.07) is 10.2. The van der Waals surface area contributed by atoms with Crippen molar-refractivity contribution in [3.05, 3.63) is 112 Å². The summed E-state index contributed by atoms with van der Waals surface area (Å²) in [7, 11) is 0. The number of hydrogen-bond acceptors (Lipinski definition) is 2. The molecule has 0 aliphatic heterocycles. The third-order valence-corrected chi connectivity index (χ3v) is 10.5. The fraction of sp³-hybridized carbons (Fsp3) is 0.523. The first kappa shape index (κ1) is 42.6. The van der Waals surface area contributed by atoms with Crippen molar-refractivity contribution in [1.82, 2.24) is 0 Å². The van der Waals surface area contributed by atoms with E-state index in [1.807, 2.05) is 24.3 Å². The average Bonchev–Trinajstić information content (AvgIpc) is 3.01. The van der Waals surface area contributed by atoms with E-state index in [0.29, 0.717) is 11.1 Å². The van der Waals surface area contributed by atoms with Gasteiger partial charge in [0, 0.05) is 0 Å². The van der Waals surface area contributed by atoms with Crippen LogP contribution in [0.1, 0.15) is 145 Å². The predicted molar refractivity (Wildman–Crippen MR) is 209 cm³/mol. The standard InChI is InChI=1S/C44H66O2Se/c1-36(20-12-21-38(3)24-14-25-40(5)28-16-29-42(7)34-35-45)18-11-19-37(2)22-13-23-39(4)26-15-27-41(6)30-17-33-44(46)47-43-31-9-8-10-32-43/h8-10,19-20,23-24,27-28,31-32,34,45H,11-18,21-22,25-26,29-30,33,35H2,1-7H3/b36-20+,37-19+,38-24+,39-23+,40-28+,41-27+,42-34+. The summed E-state index contributed by atoms with van der Waals surface area (Å²) in [4.78, 5) is 12.3. The molecule has 47 heavy (non-hydrogen) atoms. The molecule has 2 nitrogen and oxygen atoms in total. The van der Waals surface area contributed by atoms with Gasteiger partial charge in [0.25, 0.3) is 0 Å². The van der Waals surface area contributed by atoms with Crippen LogP contribution in [0.5, 0.6) is 0 Å². The van der Waals surface area contributed by atoms with E-state index < -0.39 is 0 Å². The molecule has 0 atom stereocenters. The molecule has 0 saturated heterocycles. The molecule has 1 aromatic carbocycles. The number of carbonyl (C=O) groups is 1. The molecule has 0 spiro atoms. The molecule has 0 bridgehead atoms. The normalized spacial score (nSPS) is 14.3. The van der Waals surface area contributed by atoms with Gasteiger partial charge >= 0.3 is 141 Å². The average molecular weight is 706 g/mol. The Bertz CT molecular complexity index is 1240. The molecular formula is C44H66O2Se. The summed E-state index contributed by atoms with van der Waals surface area (Å²) < 4.78 is 1.58. The fourth-order valence-corrected chi connectivity index (χ4v) is 7.01. The van der Waals surface area contributed by atoms with Gasteiger partial charge in [0.15, 0.2) is 0 Å². The quantitative estimate of drug-likeness (QED) is 0.0812. The molecule has 0 fully saturated rings. The molecule has 0 aliphatic carbocycles. The van der Waals surface area contributed by atoms with E-state index in [1.54, 1.807) is 0 Å². The first-order valence-electron chi connectivity index (χ1n) is 18.0. The van der Waals surface area contributed by atoms with Crippen molar-refractivity contribution in [3.8, 4) is 0 Å². The first-order chi connectivity index (χ1) is 22.6. The summed E-state index contributed by atoms with van der Waals surface area (Å²) in [5.41, 5.74) is 10.1. The van der Waals surface area contributed by atoms with Gasteiger partial charge in [-0.05, 0) is 86.0 Å². The maximum absolute atomic E-state index is 12.3. The van der Waals surface area contributed by atoms with Gasteiger partial charge in [0.2, 0.25) is 0 Å². The number of benzene rings is 1. The van der Waals surface area contributed by atoms with Gasteiger partial charge in [0.1, 0.15) is 0 Å². The van der Waals surface area contributed by atoms with Gasteiger partial charge in [0.05, 0.1) is 6.61 Å². The van der Waals surface area contributed by atoms with E-state index >= 15 is 0 Å². The third kappa shape index (κ3) is 25.3. The summed E-state index contributed by atoms with van der Waals surface area (Å²) in [6.07, 6.45) is 32.4. The Balaban J connectivity index is 2.19. The molecule has 3 heteroatoms. The summed E-state index contributed by atoms with van der Waals surface area (Å²) in [5, 5.41) is 8.96. The van der Waals surface area contributed by atoms with Crippen LogP contribution in [-0.2, 0) is 4.79 Å². The van der Waals surface area contributed by atoms with E-state index in [1.165, 1.54) is 43.5 Å². The summed E-state index contributed by atoms with van der Waals surface area (Å²) in [5.74, 6) is 0. The summed E-state index contributed by atoms with van der Waals surface area (Å²) >= 11 is -0.0417. The molecule has 0 radical (unpaired) electrons. The molecule has 1 N–H and O–H groups in total. The SMILES string of the molecule is C/C(=C\CO)CC/C=C(\C)CC/C=C(\C)CC/C=C(\C)CC/C=C(\C)CC/C=C(\C)CC/C=C(\C)CCCC(=O)[Se]c1ccccc1. The second-order valence-corrected chi connectivity index (χ2v) is 15.8. The Morgan fingerprint density at radius 3 is 1.15 bits per heavy atom. The van der Waals surface area contributed by atoms with E-state index in [2.05, 4.69) is 97.1 Å². The maximum atomic E-state index is 12.3. The monoisotopic (exact) mass is 706 g/mol. The van der Waals surface area contributed by atoms with E-state index in [0.717, 1.165) is 89.9 Å². The topological polar surface area (TPSA) is 37.3 Å². The predicted octanol–water partition coefficient (Wildman–Crippen LogP) is 12.0. The minimum atomic E-state index is -0.0417. The van der Waals surface area contributed by atoms with E-state index in [-0.39, 0.29) is 21.6 Å². The Hall–Kier alpha value is -2.45. The Morgan fingerprint density at radius 2 is 0.809 bits per heavy atom. The van der Waals surface area contributed by atoms with Crippen molar-refractivity contribution >= 4 is 24.1 Å². The number of carbonyl (C=O) groups excluding carboxylic acids is 1. The zero-order chi connectivity index (χ0) is 34.7. The second kappa shape index (κ2) is 27.5. The van der Waals surface area contributed by atoms with Crippen molar-refractivity contribution in [3.63, 3.8) is 0 Å². The molecular weight excluding hydrogens is 639 g/mol. The zero-order valence-electron chi connectivity index (χ0n) is 31.0. The number of aliphatic hydroxyl groups is 1. The van der Waals surface area contributed by atoms with Crippen LogP contribution in [0.2, 0.25) is 0 Å². The number of rotatable bonds is 25. The van der Waals surface area contributed by atoms with Gasteiger partial charge in [-0.3, -0.25) is 0 Å². The first-order valence-corrected chi connectivity index (χ1v) is 19.8. The molecule has 0 amide bonds. The van der Waals surface area contributed by atoms with Crippen LogP contribution in [0.15, 0.2) is 112 Å². The summed E-state index contributed by atoms with van der Waals surface area (Å²) in [6.45, 7) is 15.8. The van der Waals surface area contributed by atoms with E-state index in [4.69, 9.17) is 5.11 Å². The van der Waals surface area contributed by atoms with Gasteiger partial charge in [-0.15, -0.1) is 0 Å². The zero-order valence-corrected chi connectivity index (χ0v) is 32.7. The molecule has 0 saturated carbocycles. The van der Waals surface area contributed by atoms with Crippen LogP contribution in [0, 0.1) is 0 Å². The van der Waals surface area contributed by atoms with Crippen LogP contribution >= 0.6 is 0 Å². The van der Waals surface area contributed by atoms with Gasteiger partial charge in [-0.1, -0.05) is 58.2 Å². The van der Waals surface area contributed by atoms with Crippen molar-refractivity contribution in [1.29, 1.82) is 0 Å². The van der Waals surface area contributed by atoms with Crippen molar-refractivity contribution < 1.29 is 9.90 Å². The van der Waals surface area contributed by atoms with Crippen LogP contribution in [-0.4, -0.2) is 31.4 Å². The third-order valence-electron chi connectivity index (χ3n) is 8.56.